The molecule has 0 atom stereocenters. The average molecular weight is 469 g/mol. The fourth-order valence-corrected chi connectivity index (χ4v) is 4.75. The lowest BCUT2D eigenvalue weighted by molar-refractivity contribution is -0.118. The first-order valence-corrected chi connectivity index (χ1v) is 11.6. The normalized spacial score (nSPS) is 14.2. The highest BCUT2D eigenvalue weighted by Crippen LogP contribution is 2.29. The van der Waals surface area contributed by atoms with Gasteiger partial charge >= 0.3 is 0 Å². The molecule has 0 aliphatic carbocycles. The highest BCUT2D eigenvalue weighted by atomic mass is 79.9. The molecule has 8 heteroatoms. The van der Waals surface area contributed by atoms with Gasteiger partial charge in [-0.05, 0) is 42.2 Å². The summed E-state index contributed by atoms with van der Waals surface area (Å²) in [7, 11) is -3.69. The molecule has 2 aromatic rings. The Kier molecular flexibility index (Phi) is 6.52. The van der Waals surface area contributed by atoms with Gasteiger partial charge < -0.3 is 4.90 Å². The first kappa shape index (κ1) is 21.0. The van der Waals surface area contributed by atoms with Gasteiger partial charge in [-0.3, -0.25) is 4.79 Å². The van der Waals surface area contributed by atoms with Crippen LogP contribution >= 0.6 is 15.9 Å². The molecule has 1 N–H and O–H groups in total. The summed E-state index contributed by atoms with van der Waals surface area (Å²) in [5.41, 5.74) is 2.88. The number of nitrogens with one attached hydrogen (secondary N) is 1. The van der Waals surface area contributed by atoms with Crippen LogP contribution in [0.3, 0.4) is 0 Å². The summed E-state index contributed by atoms with van der Waals surface area (Å²) in [6, 6.07) is 9.95. The van der Waals surface area contributed by atoms with E-state index in [0.717, 1.165) is 23.2 Å². The Balaban J connectivity index is 1.70. The molecule has 1 amide bonds. The van der Waals surface area contributed by atoms with E-state index >= 15 is 0 Å². The molecule has 0 fully saturated rings. The standard InChI is InChI=1S/C20H22BrFN2O3S/c1-2-9-24-19-7-3-14(10-15(19)5-8-20(24)25)12-23-28(26,27)13-16-4-6-17(21)11-18(16)22/h3-4,6-7,10-11,23H,2,5,8-9,12-13H2,1H3. The number of anilines is 1. The van der Waals surface area contributed by atoms with E-state index in [-0.39, 0.29) is 18.0 Å². The van der Waals surface area contributed by atoms with E-state index in [1.54, 1.807) is 11.0 Å². The molecule has 1 heterocycles. The van der Waals surface area contributed by atoms with Crippen LogP contribution in [0.15, 0.2) is 40.9 Å². The van der Waals surface area contributed by atoms with Gasteiger partial charge in [0.05, 0.1) is 5.75 Å². The van der Waals surface area contributed by atoms with E-state index in [9.17, 15) is 17.6 Å². The summed E-state index contributed by atoms with van der Waals surface area (Å²) in [5, 5.41) is 0. The molecule has 0 spiro atoms. The number of nitrogens with zero attached hydrogens (tertiary/aromatic N) is 1. The third kappa shape index (κ3) is 4.98. The zero-order valence-electron chi connectivity index (χ0n) is 15.5. The first-order valence-electron chi connectivity index (χ1n) is 9.12. The summed E-state index contributed by atoms with van der Waals surface area (Å²) < 4.78 is 41.7. The smallest absolute Gasteiger partial charge is 0.227 e. The summed E-state index contributed by atoms with van der Waals surface area (Å²) in [4.78, 5) is 13.9. The predicted octanol–water partition coefficient (Wildman–Crippen LogP) is 3.90. The second-order valence-corrected chi connectivity index (χ2v) is 9.55. The van der Waals surface area contributed by atoms with Gasteiger partial charge in [0.1, 0.15) is 5.82 Å². The highest BCUT2D eigenvalue weighted by molar-refractivity contribution is 9.10. The van der Waals surface area contributed by atoms with Gasteiger partial charge in [0.25, 0.3) is 0 Å². The van der Waals surface area contributed by atoms with Crippen molar-refractivity contribution in [3.05, 3.63) is 63.4 Å². The second kappa shape index (κ2) is 8.71. The van der Waals surface area contributed by atoms with Crippen LogP contribution in [0, 0.1) is 5.82 Å². The van der Waals surface area contributed by atoms with Gasteiger partial charge in [0.2, 0.25) is 15.9 Å². The Morgan fingerprint density at radius 1 is 1.18 bits per heavy atom. The van der Waals surface area contributed by atoms with Crippen LogP contribution in [0.25, 0.3) is 0 Å². The van der Waals surface area contributed by atoms with Crippen LogP contribution in [0.1, 0.15) is 36.5 Å². The molecular weight excluding hydrogens is 447 g/mol. The molecule has 0 saturated carbocycles. The zero-order valence-corrected chi connectivity index (χ0v) is 17.9. The van der Waals surface area contributed by atoms with Gasteiger partial charge in [-0.15, -0.1) is 0 Å². The Hall–Kier alpha value is -1.77. The molecule has 0 saturated heterocycles. The van der Waals surface area contributed by atoms with Gasteiger partial charge in [0, 0.05) is 35.2 Å². The summed E-state index contributed by atoms with van der Waals surface area (Å²) in [5.74, 6) is -0.857. The predicted molar refractivity (Wildman–Crippen MR) is 111 cm³/mol. The van der Waals surface area contributed by atoms with Crippen LogP contribution in [-0.4, -0.2) is 20.9 Å². The van der Waals surface area contributed by atoms with E-state index in [1.807, 2.05) is 25.1 Å². The number of hydrogen-bond acceptors (Lipinski definition) is 3. The topological polar surface area (TPSA) is 66.5 Å². The maximum atomic E-state index is 13.9. The zero-order chi connectivity index (χ0) is 20.3. The van der Waals surface area contributed by atoms with Crippen molar-refractivity contribution in [1.29, 1.82) is 0 Å². The van der Waals surface area contributed by atoms with E-state index in [2.05, 4.69) is 20.7 Å². The van der Waals surface area contributed by atoms with Gasteiger partial charge in [0.15, 0.2) is 0 Å². The van der Waals surface area contributed by atoms with Crippen molar-refractivity contribution >= 4 is 37.5 Å². The lowest BCUT2D eigenvalue weighted by Crippen LogP contribution is -2.35. The molecule has 0 aromatic heterocycles. The number of fused-ring (bicyclic) bond motifs is 1. The molecule has 1 aliphatic heterocycles. The molecule has 28 heavy (non-hydrogen) atoms. The molecular formula is C20H22BrFN2O3S. The molecule has 3 rings (SSSR count). The Bertz CT molecular complexity index is 995. The van der Waals surface area contributed by atoms with Crippen molar-refractivity contribution in [3.63, 3.8) is 0 Å². The lowest BCUT2D eigenvalue weighted by Gasteiger charge is -2.29. The number of hydrogen-bond donors (Lipinski definition) is 1. The summed E-state index contributed by atoms with van der Waals surface area (Å²) in [6.45, 7) is 2.82. The minimum Gasteiger partial charge on any atom is -0.312 e. The van der Waals surface area contributed by atoms with Crippen molar-refractivity contribution in [2.45, 2.75) is 38.5 Å². The Morgan fingerprint density at radius 3 is 2.68 bits per heavy atom. The molecule has 0 radical (unpaired) electrons. The number of halogens is 2. The Morgan fingerprint density at radius 2 is 1.96 bits per heavy atom. The largest absolute Gasteiger partial charge is 0.312 e. The fourth-order valence-electron chi connectivity index (χ4n) is 3.28. The third-order valence-corrected chi connectivity index (χ3v) is 6.42. The van der Waals surface area contributed by atoms with Crippen molar-refractivity contribution < 1.29 is 17.6 Å². The molecule has 5 nitrogen and oxygen atoms in total. The quantitative estimate of drug-likeness (QED) is 0.669. The van der Waals surface area contributed by atoms with Crippen LogP contribution in [0.2, 0.25) is 0 Å². The molecule has 150 valence electrons. The summed E-state index contributed by atoms with van der Waals surface area (Å²) >= 11 is 3.16. The van der Waals surface area contributed by atoms with E-state index in [1.165, 1.54) is 12.1 Å². The number of carbonyl (C=O) groups is 1. The van der Waals surface area contributed by atoms with Gasteiger partial charge in [-0.1, -0.05) is 41.1 Å². The number of sulfonamides is 1. The number of benzene rings is 2. The van der Waals surface area contributed by atoms with Crippen LogP contribution in [0.4, 0.5) is 10.1 Å². The fraction of sp³-hybridized carbons (Fsp3) is 0.350. The minimum atomic E-state index is -3.69. The van der Waals surface area contributed by atoms with Gasteiger partial charge in [-0.25, -0.2) is 17.5 Å². The first-order chi connectivity index (χ1) is 13.3. The SMILES string of the molecule is CCCN1C(=O)CCc2cc(CNS(=O)(=O)Cc3ccc(Br)cc3F)ccc21. The summed E-state index contributed by atoms with van der Waals surface area (Å²) in [6.07, 6.45) is 1.99. The maximum absolute atomic E-state index is 13.9. The average Bonchev–Trinajstić information content (AvgIpc) is 2.65. The number of amides is 1. The molecule has 2 aromatic carbocycles. The van der Waals surface area contributed by atoms with E-state index in [4.69, 9.17) is 0 Å². The lowest BCUT2D eigenvalue weighted by atomic mass is 9.98. The minimum absolute atomic E-state index is 0.120. The second-order valence-electron chi connectivity index (χ2n) is 6.82. The van der Waals surface area contributed by atoms with Crippen LogP contribution in [0.5, 0.6) is 0 Å². The highest BCUT2D eigenvalue weighted by Gasteiger charge is 2.23. The van der Waals surface area contributed by atoms with E-state index in [0.29, 0.717) is 23.9 Å². The molecule has 0 bridgehead atoms. The van der Waals surface area contributed by atoms with Crippen molar-refractivity contribution in [2.24, 2.45) is 0 Å². The van der Waals surface area contributed by atoms with Crippen molar-refractivity contribution in [1.82, 2.24) is 4.72 Å². The van der Waals surface area contributed by atoms with Crippen molar-refractivity contribution in [2.75, 3.05) is 11.4 Å². The van der Waals surface area contributed by atoms with E-state index < -0.39 is 21.6 Å². The molecule has 1 aliphatic rings. The number of rotatable bonds is 7. The Labute approximate surface area is 173 Å². The number of carbonyl (C=O) groups excluding carboxylic acids is 1. The monoisotopic (exact) mass is 468 g/mol. The maximum Gasteiger partial charge on any atom is 0.227 e. The molecule has 0 unspecified atom stereocenters. The number of aryl methyl sites for hydroxylation is 1. The van der Waals surface area contributed by atoms with Crippen molar-refractivity contribution in [3.8, 4) is 0 Å². The van der Waals surface area contributed by atoms with Gasteiger partial charge in [-0.2, -0.15) is 0 Å². The third-order valence-electron chi connectivity index (χ3n) is 4.65. The van der Waals surface area contributed by atoms with Crippen LogP contribution in [-0.2, 0) is 33.5 Å². The van der Waals surface area contributed by atoms with Crippen LogP contribution < -0.4 is 9.62 Å².